The molecule has 0 aliphatic carbocycles. The third-order valence-electron chi connectivity index (χ3n) is 4.20. The summed E-state index contributed by atoms with van der Waals surface area (Å²) < 4.78 is 12.8. The molecule has 142 valence electrons. The molecule has 2 aromatic rings. The third-order valence-corrected chi connectivity index (χ3v) is 4.45. The molecule has 1 amide bonds. The van der Waals surface area contributed by atoms with Crippen molar-refractivity contribution in [1.82, 2.24) is 15.1 Å². The summed E-state index contributed by atoms with van der Waals surface area (Å²) in [5.74, 6) is 0.394. The summed E-state index contributed by atoms with van der Waals surface area (Å²) >= 11 is 5.88. The first-order valence-electron chi connectivity index (χ1n) is 8.49. The Bertz CT molecular complexity index is 754. The summed E-state index contributed by atoms with van der Waals surface area (Å²) in [4.78, 5) is 12.6. The number of nitrogens with zero attached hydrogens (tertiary/aromatic N) is 2. The van der Waals surface area contributed by atoms with Gasteiger partial charge in [0.15, 0.2) is 5.60 Å². The van der Waals surface area contributed by atoms with Crippen molar-refractivity contribution in [1.29, 1.82) is 0 Å². The lowest BCUT2D eigenvalue weighted by molar-refractivity contribution is -0.134. The van der Waals surface area contributed by atoms with Crippen molar-refractivity contribution in [2.24, 2.45) is 0 Å². The van der Waals surface area contributed by atoms with Crippen LogP contribution in [0.25, 0.3) is 0 Å². The quantitative estimate of drug-likeness (QED) is 0.764. The second kappa shape index (κ2) is 8.56. The molecule has 0 aliphatic heterocycles. The van der Waals surface area contributed by atoms with Gasteiger partial charge in [-0.05, 0) is 52.0 Å². The fraction of sp³-hybridized carbons (Fsp3) is 0.474. The van der Waals surface area contributed by atoms with E-state index in [2.05, 4.69) is 10.4 Å². The topological polar surface area (TPSA) is 65.4 Å². The summed E-state index contributed by atoms with van der Waals surface area (Å²) in [5, 5.41) is 8.07. The highest BCUT2D eigenvalue weighted by atomic mass is 35.5. The van der Waals surface area contributed by atoms with Crippen LogP contribution in [0.2, 0.25) is 5.02 Å². The van der Waals surface area contributed by atoms with Crippen molar-refractivity contribution in [2.75, 3.05) is 13.7 Å². The van der Waals surface area contributed by atoms with E-state index in [0.29, 0.717) is 30.5 Å². The van der Waals surface area contributed by atoms with Gasteiger partial charge in [-0.3, -0.25) is 9.48 Å². The number of halogens is 1. The van der Waals surface area contributed by atoms with Crippen LogP contribution < -0.4 is 10.1 Å². The zero-order valence-corrected chi connectivity index (χ0v) is 16.7. The van der Waals surface area contributed by atoms with Crippen LogP contribution in [0.5, 0.6) is 5.75 Å². The fourth-order valence-corrected chi connectivity index (χ4v) is 2.74. The standard InChI is InChI=1S/C19H26ClN3O3/c1-13-17(14(2)23(22-13)10-11-25-5)12-21-18(24)19(3,4)26-16-8-6-15(20)7-9-16/h6-9H,10-12H2,1-5H3,(H,21,24). The summed E-state index contributed by atoms with van der Waals surface area (Å²) in [6.45, 7) is 9.08. The van der Waals surface area contributed by atoms with E-state index in [0.717, 1.165) is 17.0 Å². The largest absolute Gasteiger partial charge is 0.478 e. The lowest BCUT2D eigenvalue weighted by atomic mass is 10.1. The van der Waals surface area contributed by atoms with Crippen LogP contribution in [-0.2, 0) is 22.6 Å². The zero-order chi connectivity index (χ0) is 19.3. The number of rotatable bonds is 8. The van der Waals surface area contributed by atoms with E-state index < -0.39 is 5.60 Å². The molecule has 1 N–H and O–H groups in total. The van der Waals surface area contributed by atoms with Gasteiger partial charge in [-0.2, -0.15) is 5.10 Å². The lowest BCUT2D eigenvalue weighted by Crippen LogP contribution is -2.46. The Morgan fingerprint density at radius 3 is 2.54 bits per heavy atom. The van der Waals surface area contributed by atoms with Crippen LogP contribution in [-0.4, -0.2) is 35.0 Å². The van der Waals surface area contributed by atoms with Crippen molar-refractivity contribution in [3.05, 3.63) is 46.2 Å². The molecular formula is C19H26ClN3O3. The predicted octanol–water partition coefficient (Wildman–Crippen LogP) is 3.27. The molecule has 0 fully saturated rings. The molecule has 0 atom stereocenters. The summed E-state index contributed by atoms with van der Waals surface area (Å²) in [6.07, 6.45) is 0. The number of amides is 1. The monoisotopic (exact) mass is 379 g/mol. The first-order valence-corrected chi connectivity index (χ1v) is 8.87. The molecule has 1 heterocycles. The summed E-state index contributed by atoms with van der Waals surface area (Å²) in [5.41, 5.74) is 1.92. The maximum atomic E-state index is 12.6. The Labute approximate surface area is 159 Å². The molecule has 0 saturated heterocycles. The Morgan fingerprint density at radius 1 is 1.27 bits per heavy atom. The van der Waals surface area contributed by atoms with E-state index in [9.17, 15) is 4.79 Å². The van der Waals surface area contributed by atoms with Crippen molar-refractivity contribution < 1.29 is 14.3 Å². The number of hydrogen-bond acceptors (Lipinski definition) is 4. The van der Waals surface area contributed by atoms with E-state index in [1.54, 1.807) is 45.2 Å². The second-order valence-electron chi connectivity index (χ2n) is 6.61. The maximum Gasteiger partial charge on any atom is 0.263 e. The van der Waals surface area contributed by atoms with Crippen molar-refractivity contribution in [2.45, 2.75) is 46.4 Å². The number of aryl methyl sites for hydroxylation is 1. The molecule has 1 aromatic heterocycles. The smallest absolute Gasteiger partial charge is 0.263 e. The zero-order valence-electron chi connectivity index (χ0n) is 15.9. The third kappa shape index (κ3) is 4.99. The van der Waals surface area contributed by atoms with Crippen LogP contribution in [0.1, 0.15) is 30.8 Å². The van der Waals surface area contributed by atoms with Gasteiger partial charge in [-0.15, -0.1) is 0 Å². The van der Waals surface area contributed by atoms with Gasteiger partial charge >= 0.3 is 0 Å². The highest BCUT2D eigenvalue weighted by Crippen LogP contribution is 2.21. The highest BCUT2D eigenvalue weighted by Gasteiger charge is 2.30. The number of ether oxygens (including phenoxy) is 2. The van der Waals surface area contributed by atoms with Crippen LogP contribution in [0.3, 0.4) is 0 Å². The molecule has 0 spiro atoms. The Balaban J connectivity index is 2.01. The Hall–Kier alpha value is -2.05. The van der Waals surface area contributed by atoms with Crippen molar-refractivity contribution in [3.63, 3.8) is 0 Å². The average molecular weight is 380 g/mol. The van der Waals surface area contributed by atoms with Crippen molar-refractivity contribution >= 4 is 17.5 Å². The maximum absolute atomic E-state index is 12.6. The SMILES string of the molecule is COCCn1nc(C)c(CNC(=O)C(C)(C)Oc2ccc(Cl)cc2)c1C. The number of benzene rings is 1. The van der Waals surface area contributed by atoms with Gasteiger partial charge < -0.3 is 14.8 Å². The second-order valence-corrected chi connectivity index (χ2v) is 7.05. The van der Waals surface area contributed by atoms with Gasteiger partial charge in [0.2, 0.25) is 0 Å². The van der Waals surface area contributed by atoms with Gasteiger partial charge in [0.25, 0.3) is 5.91 Å². The number of methoxy groups -OCH3 is 1. The summed E-state index contributed by atoms with van der Waals surface area (Å²) in [7, 11) is 1.66. The van der Waals surface area contributed by atoms with E-state index in [1.807, 2.05) is 18.5 Å². The van der Waals surface area contributed by atoms with E-state index >= 15 is 0 Å². The lowest BCUT2D eigenvalue weighted by Gasteiger charge is -2.25. The molecule has 0 radical (unpaired) electrons. The molecule has 0 bridgehead atoms. The van der Waals surface area contributed by atoms with Crippen LogP contribution in [0.4, 0.5) is 0 Å². The number of carbonyl (C=O) groups excluding carboxylic acids is 1. The predicted molar refractivity (Wildman–Crippen MR) is 102 cm³/mol. The molecule has 0 saturated carbocycles. The Morgan fingerprint density at radius 2 is 1.92 bits per heavy atom. The van der Waals surface area contributed by atoms with Gasteiger partial charge in [0.1, 0.15) is 5.75 Å². The van der Waals surface area contributed by atoms with Crippen LogP contribution in [0.15, 0.2) is 24.3 Å². The first-order chi connectivity index (χ1) is 12.2. The Kier molecular flexibility index (Phi) is 6.67. The van der Waals surface area contributed by atoms with Gasteiger partial charge in [-0.1, -0.05) is 11.6 Å². The minimum Gasteiger partial charge on any atom is -0.478 e. The van der Waals surface area contributed by atoms with E-state index in [4.69, 9.17) is 21.1 Å². The number of aromatic nitrogens is 2. The molecule has 0 aliphatic rings. The minimum absolute atomic E-state index is 0.198. The minimum atomic E-state index is -1.01. The molecular weight excluding hydrogens is 354 g/mol. The molecule has 2 rings (SSSR count). The van der Waals surface area contributed by atoms with E-state index in [-0.39, 0.29) is 5.91 Å². The fourth-order valence-electron chi connectivity index (χ4n) is 2.61. The van der Waals surface area contributed by atoms with Crippen LogP contribution in [0, 0.1) is 13.8 Å². The van der Waals surface area contributed by atoms with Crippen LogP contribution >= 0.6 is 11.6 Å². The average Bonchev–Trinajstić information content (AvgIpc) is 2.86. The molecule has 0 unspecified atom stereocenters. The van der Waals surface area contributed by atoms with E-state index in [1.165, 1.54) is 0 Å². The molecule has 6 nitrogen and oxygen atoms in total. The number of hydrogen-bond donors (Lipinski definition) is 1. The highest BCUT2D eigenvalue weighted by molar-refractivity contribution is 6.30. The number of nitrogens with one attached hydrogen (secondary N) is 1. The number of carbonyl (C=O) groups is 1. The molecule has 1 aromatic carbocycles. The van der Waals surface area contributed by atoms with Crippen molar-refractivity contribution in [3.8, 4) is 5.75 Å². The van der Waals surface area contributed by atoms with Gasteiger partial charge in [0.05, 0.1) is 18.8 Å². The molecule has 7 heteroatoms. The molecule has 26 heavy (non-hydrogen) atoms. The normalized spacial score (nSPS) is 11.5. The van der Waals surface area contributed by atoms with Gasteiger partial charge in [0, 0.05) is 29.9 Å². The first kappa shape index (κ1) is 20.3. The summed E-state index contributed by atoms with van der Waals surface area (Å²) in [6, 6.07) is 6.94. The van der Waals surface area contributed by atoms with Gasteiger partial charge in [-0.25, -0.2) is 0 Å².